The number of piperidine rings is 1. The van der Waals surface area contributed by atoms with E-state index < -0.39 is 0 Å². The van der Waals surface area contributed by atoms with Crippen LogP contribution >= 0.6 is 15.9 Å². The van der Waals surface area contributed by atoms with Crippen molar-refractivity contribution in [3.8, 4) is 0 Å². The van der Waals surface area contributed by atoms with E-state index in [0.717, 1.165) is 36.7 Å². The van der Waals surface area contributed by atoms with Gasteiger partial charge in [-0.3, -0.25) is 9.59 Å². The van der Waals surface area contributed by atoms with Gasteiger partial charge in [-0.15, -0.1) is 0 Å². The van der Waals surface area contributed by atoms with E-state index in [4.69, 9.17) is 4.74 Å². The van der Waals surface area contributed by atoms with E-state index in [0.29, 0.717) is 12.3 Å². The van der Waals surface area contributed by atoms with Crippen LogP contribution < -0.4 is 0 Å². The van der Waals surface area contributed by atoms with Crippen LogP contribution in [0.3, 0.4) is 0 Å². The van der Waals surface area contributed by atoms with Crippen LogP contribution in [-0.4, -0.2) is 36.5 Å². The number of carbonyl (C=O) groups excluding carboxylic acids is 2. The molecule has 1 saturated carbocycles. The molecule has 1 aliphatic carbocycles. The molecule has 1 heterocycles. The number of esters is 1. The van der Waals surface area contributed by atoms with Crippen LogP contribution in [0.5, 0.6) is 0 Å². The monoisotopic (exact) mass is 379 g/mol. The van der Waals surface area contributed by atoms with Crippen molar-refractivity contribution in [3.63, 3.8) is 0 Å². The van der Waals surface area contributed by atoms with E-state index in [1.165, 1.54) is 12.7 Å². The average molecular weight is 380 g/mol. The molecule has 4 nitrogen and oxygen atoms in total. The summed E-state index contributed by atoms with van der Waals surface area (Å²) in [6.45, 7) is 0.768. The lowest BCUT2D eigenvalue weighted by molar-refractivity contribution is -0.145. The number of likely N-dealkylation sites (tertiary alicyclic amines) is 1. The largest absolute Gasteiger partial charge is 0.469 e. The van der Waals surface area contributed by atoms with Crippen LogP contribution in [-0.2, 0) is 14.3 Å². The first-order chi connectivity index (χ1) is 11.1. The normalized spacial score (nSPS) is 26.7. The van der Waals surface area contributed by atoms with Crippen molar-refractivity contribution in [2.45, 2.75) is 44.1 Å². The van der Waals surface area contributed by atoms with Gasteiger partial charge in [0.15, 0.2) is 0 Å². The number of hydrogen-bond donors (Lipinski definition) is 0. The van der Waals surface area contributed by atoms with Crippen LogP contribution in [0.4, 0.5) is 0 Å². The fourth-order valence-electron chi connectivity index (χ4n) is 3.54. The van der Waals surface area contributed by atoms with Gasteiger partial charge in [0.05, 0.1) is 13.5 Å². The number of methoxy groups -OCH3 is 1. The molecule has 1 aliphatic heterocycles. The van der Waals surface area contributed by atoms with Gasteiger partial charge in [0.2, 0.25) is 5.91 Å². The average Bonchev–Trinajstić information content (AvgIpc) is 3.36. The van der Waals surface area contributed by atoms with Crippen LogP contribution in [0, 0.1) is 5.92 Å². The molecule has 0 bridgehead atoms. The Labute approximate surface area is 145 Å². The van der Waals surface area contributed by atoms with E-state index in [1.807, 2.05) is 17.0 Å². The number of rotatable bonds is 4. The summed E-state index contributed by atoms with van der Waals surface area (Å²) in [6, 6.07) is 8.23. The Morgan fingerprint density at radius 2 is 2.00 bits per heavy atom. The zero-order valence-electron chi connectivity index (χ0n) is 13.3. The molecule has 0 N–H and O–H groups in total. The SMILES string of the molecule is COC(=O)C[C@@H]1CCCCN1C(=O)[C@H]1C[C@H]1c1ccc(Br)cc1. The van der Waals surface area contributed by atoms with Gasteiger partial charge >= 0.3 is 5.97 Å². The third-order valence-corrected chi connectivity index (χ3v) is 5.47. The third kappa shape index (κ3) is 3.77. The quantitative estimate of drug-likeness (QED) is 0.752. The van der Waals surface area contributed by atoms with Crippen molar-refractivity contribution in [2.24, 2.45) is 5.92 Å². The molecular weight excluding hydrogens is 358 g/mol. The summed E-state index contributed by atoms with van der Waals surface area (Å²) in [5.74, 6) is 0.396. The van der Waals surface area contributed by atoms with Gasteiger partial charge in [-0.05, 0) is 49.3 Å². The minimum atomic E-state index is -0.227. The molecule has 0 radical (unpaired) electrons. The van der Waals surface area contributed by atoms with Crippen molar-refractivity contribution < 1.29 is 14.3 Å². The molecule has 0 unspecified atom stereocenters. The topological polar surface area (TPSA) is 46.6 Å². The highest BCUT2D eigenvalue weighted by molar-refractivity contribution is 9.10. The Hall–Kier alpha value is -1.36. The molecular formula is C18H22BrNO3. The molecule has 1 aromatic rings. The molecule has 2 fully saturated rings. The van der Waals surface area contributed by atoms with Crippen LogP contribution in [0.1, 0.15) is 43.6 Å². The van der Waals surface area contributed by atoms with Crippen molar-refractivity contribution in [1.29, 1.82) is 0 Å². The van der Waals surface area contributed by atoms with Gasteiger partial charge in [-0.25, -0.2) is 0 Å². The molecule has 1 amide bonds. The van der Waals surface area contributed by atoms with Gasteiger partial charge in [-0.1, -0.05) is 28.1 Å². The summed E-state index contributed by atoms with van der Waals surface area (Å²) in [5, 5.41) is 0. The van der Waals surface area contributed by atoms with E-state index >= 15 is 0 Å². The maximum Gasteiger partial charge on any atom is 0.307 e. The van der Waals surface area contributed by atoms with E-state index in [1.54, 1.807) is 0 Å². The zero-order valence-corrected chi connectivity index (χ0v) is 14.9. The molecule has 0 spiro atoms. The molecule has 2 aliphatic rings. The second-order valence-electron chi connectivity index (χ2n) is 6.46. The fraction of sp³-hybridized carbons (Fsp3) is 0.556. The van der Waals surface area contributed by atoms with Gasteiger partial charge in [0.25, 0.3) is 0 Å². The second kappa shape index (κ2) is 7.04. The second-order valence-corrected chi connectivity index (χ2v) is 7.38. The number of benzene rings is 1. The van der Waals surface area contributed by atoms with Gasteiger partial charge in [-0.2, -0.15) is 0 Å². The first-order valence-corrected chi connectivity index (χ1v) is 9.02. The Morgan fingerprint density at radius 3 is 2.70 bits per heavy atom. The maximum absolute atomic E-state index is 12.9. The Morgan fingerprint density at radius 1 is 1.26 bits per heavy atom. The molecule has 1 aromatic carbocycles. The minimum Gasteiger partial charge on any atom is -0.469 e. The third-order valence-electron chi connectivity index (χ3n) is 4.95. The Bertz CT molecular complexity index is 586. The smallest absolute Gasteiger partial charge is 0.307 e. The summed E-state index contributed by atoms with van der Waals surface area (Å²) in [6.07, 6.45) is 4.24. The number of nitrogens with zero attached hydrogens (tertiary/aromatic N) is 1. The highest BCUT2D eigenvalue weighted by atomic mass is 79.9. The molecule has 1 saturated heterocycles. The molecule has 23 heavy (non-hydrogen) atoms. The summed E-state index contributed by atoms with van der Waals surface area (Å²) in [5.41, 5.74) is 1.23. The Kier molecular flexibility index (Phi) is 5.05. The molecule has 3 rings (SSSR count). The number of halogens is 1. The van der Waals surface area contributed by atoms with Crippen LogP contribution in [0.2, 0.25) is 0 Å². The van der Waals surface area contributed by atoms with E-state index in [-0.39, 0.29) is 23.8 Å². The molecule has 5 heteroatoms. The number of amides is 1. The van der Waals surface area contributed by atoms with Crippen LogP contribution in [0.25, 0.3) is 0 Å². The standard InChI is InChI=1S/C18H22BrNO3/c1-23-17(21)10-14-4-2-3-9-20(14)18(22)16-11-15(16)12-5-7-13(19)8-6-12/h5-8,14-16H,2-4,9-11H2,1H3/t14-,15-,16-/m0/s1. The predicted octanol–water partition coefficient (Wildman–Crippen LogP) is 3.50. The van der Waals surface area contributed by atoms with Crippen LogP contribution in [0.15, 0.2) is 28.7 Å². The first kappa shape index (κ1) is 16.5. The molecule has 0 aromatic heterocycles. The summed E-state index contributed by atoms with van der Waals surface area (Å²) in [4.78, 5) is 26.4. The summed E-state index contributed by atoms with van der Waals surface area (Å²) in [7, 11) is 1.40. The van der Waals surface area contributed by atoms with Gasteiger partial charge in [0.1, 0.15) is 0 Å². The lowest BCUT2D eigenvalue weighted by atomic mass is 9.98. The summed E-state index contributed by atoms with van der Waals surface area (Å²) < 4.78 is 5.83. The van der Waals surface area contributed by atoms with Crippen molar-refractivity contribution >= 4 is 27.8 Å². The van der Waals surface area contributed by atoms with Gasteiger partial charge < -0.3 is 9.64 Å². The lowest BCUT2D eigenvalue weighted by Crippen LogP contribution is -2.45. The Balaban J connectivity index is 1.64. The van der Waals surface area contributed by atoms with Crippen molar-refractivity contribution in [1.82, 2.24) is 4.90 Å². The number of ether oxygens (including phenoxy) is 1. The number of carbonyl (C=O) groups is 2. The highest BCUT2D eigenvalue weighted by Gasteiger charge is 2.47. The minimum absolute atomic E-state index is 0.00914. The predicted molar refractivity (Wildman–Crippen MR) is 91.0 cm³/mol. The fourth-order valence-corrected chi connectivity index (χ4v) is 3.80. The highest BCUT2D eigenvalue weighted by Crippen LogP contribution is 2.49. The van der Waals surface area contributed by atoms with E-state index in [9.17, 15) is 9.59 Å². The zero-order chi connectivity index (χ0) is 16.4. The molecule has 3 atom stereocenters. The maximum atomic E-state index is 12.9. The van der Waals surface area contributed by atoms with E-state index in [2.05, 4.69) is 28.1 Å². The lowest BCUT2D eigenvalue weighted by Gasteiger charge is -2.35. The van der Waals surface area contributed by atoms with Crippen molar-refractivity contribution in [3.05, 3.63) is 34.3 Å². The molecule has 124 valence electrons. The van der Waals surface area contributed by atoms with Crippen molar-refractivity contribution in [2.75, 3.05) is 13.7 Å². The number of hydrogen-bond acceptors (Lipinski definition) is 3. The first-order valence-electron chi connectivity index (χ1n) is 8.23. The van der Waals surface area contributed by atoms with Gasteiger partial charge in [0, 0.05) is 23.0 Å². The summed E-state index contributed by atoms with van der Waals surface area (Å²) >= 11 is 3.44.